The van der Waals surface area contributed by atoms with Gasteiger partial charge in [0.05, 0.1) is 6.10 Å². The summed E-state index contributed by atoms with van der Waals surface area (Å²) < 4.78 is 1.23. The second kappa shape index (κ2) is 6.53. The molecule has 2 aromatic rings. The molecule has 2 heteroatoms. The van der Waals surface area contributed by atoms with Gasteiger partial charge in [-0.3, -0.25) is 0 Å². The number of aliphatic hydroxyl groups is 1. The van der Waals surface area contributed by atoms with Crippen molar-refractivity contribution in [2.24, 2.45) is 0 Å². The van der Waals surface area contributed by atoms with Gasteiger partial charge in [0.1, 0.15) is 0 Å². The molecule has 0 fully saturated rings. The first-order chi connectivity index (χ1) is 9.04. The van der Waals surface area contributed by atoms with Crippen molar-refractivity contribution in [3.05, 3.63) is 68.3 Å². The van der Waals surface area contributed by atoms with Crippen LogP contribution in [0, 0.1) is 17.4 Å². The lowest BCUT2D eigenvalue weighted by atomic mass is 9.98. The van der Waals surface area contributed by atoms with Gasteiger partial charge < -0.3 is 5.11 Å². The van der Waals surface area contributed by atoms with Crippen molar-refractivity contribution >= 4 is 22.6 Å². The number of rotatable bonds is 4. The Morgan fingerprint density at radius 1 is 0.895 bits per heavy atom. The van der Waals surface area contributed by atoms with E-state index in [0.717, 1.165) is 0 Å². The lowest BCUT2D eigenvalue weighted by Crippen LogP contribution is -2.14. The predicted molar refractivity (Wildman–Crippen MR) is 88.5 cm³/mol. The first-order valence-corrected chi connectivity index (χ1v) is 7.61. The van der Waals surface area contributed by atoms with E-state index < -0.39 is 0 Å². The highest BCUT2D eigenvalue weighted by Gasteiger charge is 2.07. The molecule has 0 aromatic heterocycles. The zero-order chi connectivity index (χ0) is 13.8. The van der Waals surface area contributed by atoms with Crippen LogP contribution in [0.25, 0.3) is 0 Å². The van der Waals surface area contributed by atoms with Gasteiger partial charge in [-0.25, -0.2) is 0 Å². The summed E-state index contributed by atoms with van der Waals surface area (Å²) in [5.41, 5.74) is 4.99. The minimum absolute atomic E-state index is 0.317. The van der Waals surface area contributed by atoms with E-state index in [1.54, 1.807) is 0 Å². The Morgan fingerprint density at radius 3 is 2.11 bits per heavy atom. The van der Waals surface area contributed by atoms with Crippen molar-refractivity contribution < 1.29 is 5.11 Å². The summed E-state index contributed by atoms with van der Waals surface area (Å²) in [7, 11) is 0. The van der Waals surface area contributed by atoms with Crippen LogP contribution in [0.4, 0.5) is 0 Å². The summed E-state index contributed by atoms with van der Waals surface area (Å²) in [5, 5.41) is 10.2. The van der Waals surface area contributed by atoms with Crippen LogP contribution in [0.1, 0.15) is 22.3 Å². The Balaban J connectivity index is 1.98. The average Bonchev–Trinajstić information content (AvgIpc) is 2.37. The van der Waals surface area contributed by atoms with Gasteiger partial charge in [0, 0.05) is 3.57 Å². The number of hydrogen-bond acceptors (Lipinski definition) is 1. The molecule has 0 amide bonds. The van der Waals surface area contributed by atoms with Crippen LogP contribution in [0.5, 0.6) is 0 Å². The van der Waals surface area contributed by atoms with Gasteiger partial charge in [-0.1, -0.05) is 30.3 Å². The number of aryl methyl sites for hydroxylation is 2. The Hall–Kier alpha value is -0.870. The van der Waals surface area contributed by atoms with Gasteiger partial charge in [0.15, 0.2) is 0 Å². The van der Waals surface area contributed by atoms with Crippen molar-refractivity contribution in [1.29, 1.82) is 0 Å². The minimum Gasteiger partial charge on any atom is -0.392 e. The highest BCUT2D eigenvalue weighted by Crippen LogP contribution is 2.14. The van der Waals surface area contributed by atoms with E-state index in [4.69, 9.17) is 0 Å². The van der Waals surface area contributed by atoms with Crippen LogP contribution in [0.3, 0.4) is 0 Å². The quantitative estimate of drug-likeness (QED) is 0.810. The molecule has 2 rings (SSSR count). The van der Waals surface area contributed by atoms with Gasteiger partial charge in [0.25, 0.3) is 0 Å². The molecule has 1 unspecified atom stereocenters. The summed E-state index contributed by atoms with van der Waals surface area (Å²) in [6, 6.07) is 14.8. The van der Waals surface area contributed by atoms with E-state index in [1.165, 1.54) is 25.8 Å². The van der Waals surface area contributed by atoms with Crippen molar-refractivity contribution in [3.8, 4) is 0 Å². The van der Waals surface area contributed by atoms with Crippen molar-refractivity contribution in [3.63, 3.8) is 0 Å². The molecule has 0 spiro atoms. The summed E-state index contributed by atoms with van der Waals surface area (Å²) in [6.07, 6.45) is 1.11. The van der Waals surface area contributed by atoms with Crippen molar-refractivity contribution in [2.45, 2.75) is 32.8 Å². The molecule has 0 saturated heterocycles. The van der Waals surface area contributed by atoms with Crippen LogP contribution in [0.15, 0.2) is 42.5 Å². The van der Waals surface area contributed by atoms with E-state index >= 15 is 0 Å². The first kappa shape index (κ1) is 14.5. The molecule has 0 radical (unpaired) electrons. The maximum Gasteiger partial charge on any atom is 0.0620 e. The number of aliphatic hydroxyl groups excluding tert-OH is 1. The SMILES string of the molecule is Cc1ccc(CC(O)Cc2ccc(I)cc2)cc1C. The van der Waals surface area contributed by atoms with E-state index in [1.807, 2.05) is 0 Å². The fourth-order valence-electron chi connectivity index (χ4n) is 2.17. The normalized spacial score (nSPS) is 12.4. The zero-order valence-electron chi connectivity index (χ0n) is 11.4. The highest BCUT2D eigenvalue weighted by molar-refractivity contribution is 14.1. The summed E-state index contributed by atoms with van der Waals surface area (Å²) in [6.45, 7) is 4.23. The standard InChI is InChI=1S/C17H19IO/c1-12-3-4-15(9-13(12)2)11-17(19)10-14-5-7-16(18)8-6-14/h3-9,17,19H,10-11H2,1-2H3. The molecule has 0 aliphatic carbocycles. The van der Waals surface area contributed by atoms with Gasteiger partial charge in [-0.15, -0.1) is 0 Å². The fraction of sp³-hybridized carbons (Fsp3) is 0.294. The van der Waals surface area contributed by atoms with Crippen molar-refractivity contribution in [2.75, 3.05) is 0 Å². The Labute approximate surface area is 128 Å². The molecular weight excluding hydrogens is 347 g/mol. The smallest absolute Gasteiger partial charge is 0.0620 e. The predicted octanol–water partition coefficient (Wildman–Crippen LogP) is 4.05. The topological polar surface area (TPSA) is 20.2 Å². The molecule has 0 heterocycles. The Kier molecular flexibility index (Phi) is 4.99. The maximum atomic E-state index is 10.2. The number of benzene rings is 2. The summed E-state index contributed by atoms with van der Waals surface area (Å²) in [4.78, 5) is 0. The molecule has 0 aliphatic rings. The van der Waals surface area contributed by atoms with Crippen LogP contribution < -0.4 is 0 Å². The maximum absolute atomic E-state index is 10.2. The average molecular weight is 366 g/mol. The van der Waals surface area contributed by atoms with E-state index in [-0.39, 0.29) is 6.10 Å². The molecule has 1 nitrogen and oxygen atoms in total. The molecule has 1 N–H and O–H groups in total. The summed E-state index contributed by atoms with van der Waals surface area (Å²) >= 11 is 2.29. The largest absolute Gasteiger partial charge is 0.392 e. The fourth-order valence-corrected chi connectivity index (χ4v) is 2.53. The van der Waals surface area contributed by atoms with E-state index in [2.05, 4.69) is 78.9 Å². The van der Waals surface area contributed by atoms with Crippen LogP contribution >= 0.6 is 22.6 Å². The third kappa shape index (κ3) is 4.32. The third-order valence-corrected chi connectivity index (χ3v) is 4.15. The van der Waals surface area contributed by atoms with E-state index in [9.17, 15) is 5.11 Å². The zero-order valence-corrected chi connectivity index (χ0v) is 13.5. The highest BCUT2D eigenvalue weighted by atomic mass is 127. The van der Waals surface area contributed by atoms with Crippen LogP contribution in [0.2, 0.25) is 0 Å². The van der Waals surface area contributed by atoms with Gasteiger partial charge in [-0.2, -0.15) is 0 Å². The van der Waals surface area contributed by atoms with Crippen molar-refractivity contribution in [1.82, 2.24) is 0 Å². The monoisotopic (exact) mass is 366 g/mol. The lowest BCUT2D eigenvalue weighted by Gasteiger charge is -2.12. The number of hydrogen-bond donors (Lipinski definition) is 1. The second-order valence-electron chi connectivity index (χ2n) is 5.11. The van der Waals surface area contributed by atoms with Crippen LogP contribution in [-0.2, 0) is 12.8 Å². The molecule has 0 saturated carbocycles. The molecule has 0 bridgehead atoms. The minimum atomic E-state index is -0.317. The Morgan fingerprint density at radius 2 is 1.47 bits per heavy atom. The molecule has 0 aliphatic heterocycles. The Bertz CT molecular complexity index is 546. The number of halogens is 1. The lowest BCUT2D eigenvalue weighted by molar-refractivity contribution is 0.175. The van der Waals surface area contributed by atoms with Gasteiger partial charge in [-0.05, 0) is 83.7 Å². The third-order valence-electron chi connectivity index (χ3n) is 3.43. The first-order valence-electron chi connectivity index (χ1n) is 6.53. The molecular formula is C17H19IO. The molecule has 1 atom stereocenters. The van der Waals surface area contributed by atoms with Gasteiger partial charge >= 0.3 is 0 Å². The van der Waals surface area contributed by atoms with Crippen LogP contribution in [-0.4, -0.2) is 11.2 Å². The summed E-state index contributed by atoms with van der Waals surface area (Å²) in [5.74, 6) is 0. The molecule has 19 heavy (non-hydrogen) atoms. The van der Waals surface area contributed by atoms with E-state index in [0.29, 0.717) is 12.8 Å². The molecule has 2 aromatic carbocycles. The molecule has 100 valence electrons. The second-order valence-corrected chi connectivity index (χ2v) is 6.35. The van der Waals surface area contributed by atoms with Gasteiger partial charge in [0.2, 0.25) is 0 Å².